The van der Waals surface area contributed by atoms with E-state index >= 15 is 0 Å². The largest absolute Gasteiger partial charge is 0.481 e. The van der Waals surface area contributed by atoms with Gasteiger partial charge in [0.05, 0.1) is 5.92 Å². The van der Waals surface area contributed by atoms with Crippen LogP contribution in [0, 0.1) is 5.92 Å². The predicted octanol–water partition coefficient (Wildman–Crippen LogP) is 1.91. The molecule has 0 aromatic rings. The number of carbonyl (C=O) groups is 1. The molecule has 62 valence electrons. The maximum Gasteiger partial charge on any atom is 0.306 e. The van der Waals surface area contributed by atoms with Crippen LogP contribution in [0.5, 0.6) is 0 Å². The van der Waals surface area contributed by atoms with Gasteiger partial charge in [-0.1, -0.05) is 26.7 Å². The molecule has 0 amide bonds. The molecule has 0 aromatic heterocycles. The number of aliphatic carboxylic acids is 1. The number of carboxylic acid groups (broad SMARTS) is 1. The summed E-state index contributed by atoms with van der Waals surface area (Å²) in [5.41, 5.74) is 0. The summed E-state index contributed by atoms with van der Waals surface area (Å²) >= 11 is 0. The summed E-state index contributed by atoms with van der Waals surface area (Å²) in [4.78, 5) is 10.5. The van der Waals surface area contributed by atoms with Crippen LogP contribution in [0.25, 0.3) is 0 Å². The van der Waals surface area contributed by atoms with Gasteiger partial charge in [0.15, 0.2) is 0 Å². The van der Waals surface area contributed by atoms with Gasteiger partial charge < -0.3 is 5.11 Å². The second-order valence-corrected chi connectivity index (χ2v) is 2.61. The van der Waals surface area contributed by atoms with Crippen molar-refractivity contribution in [2.24, 2.45) is 5.92 Å². The molecule has 3 heteroatoms. The Labute approximate surface area is 98.4 Å². The predicted molar refractivity (Wildman–Crippen MR) is 46.7 cm³/mol. The summed E-state index contributed by atoms with van der Waals surface area (Å²) in [6.07, 6.45) is 3.58. The Kier molecular flexibility index (Phi) is 11.4. The van der Waals surface area contributed by atoms with Gasteiger partial charge in [-0.3, -0.25) is 4.79 Å². The fraction of sp³-hybridized carbons (Fsp3) is 0.875. The molecule has 0 rings (SSSR count). The molecule has 1 N–H and O–H groups in total. The van der Waals surface area contributed by atoms with Gasteiger partial charge in [-0.05, 0) is 12.8 Å². The zero-order valence-electron chi connectivity index (χ0n) is 7.47. The molecular formula is C8H16CaO2. The van der Waals surface area contributed by atoms with E-state index in [0.717, 1.165) is 25.7 Å². The number of carboxylic acids is 1. The molecule has 0 atom stereocenters. The molecule has 0 saturated heterocycles. The number of rotatable bonds is 5. The minimum Gasteiger partial charge on any atom is -0.481 e. The Morgan fingerprint density at radius 2 is 1.64 bits per heavy atom. The number of hydrogen-bond donors (Lipinski definition) is 1. The first-order valence-corrected chi connectivity index (χ1v) is 3.95. The van der Waals surface area contributed by atoms with E-state index in [9.17, 15) is 4.79 Å². The van der Waals surface area contributed by atoms with Crippen LogP contribution in [-0.2, 0) is 4.79 Å². The molecule has 0 fully saturated rings. The van der Waals surface area contributed by atoms with Crippen LogP contribution in [-0.4, -0.2) is 48.8 Å². The van der Waals surface area contributed by atoms with Gasteiger partial charge >= 0.3 is 5.97 Å². The maximum atomic E-state index is 10.5. The van der Waals surface area contributed by atoms with E-state index in [1.807, 2.05) is 13.8 Å². The minimum atomic E-state index is -0.635. The monoisotopic (exact) mass is 184 g/mol. The average molecular weight is 184 g/mol. The summed E-state index contributed by atoms with van der Waals surface area (Å²) in [7, 11) is 0. The third kappa shape index (κ3) is 7.10. The van der Waals surface area contributed by atoms with Crippen LogP contribution < -0.4 is 0 Å². The maximum absolute atomic E-state index is 10.5. The van der Waals surface area contributed by atoms with Gasteiger partial charge in [0.2, 0.25) is 0 Å². The van der Waals surface area contributed by atoms with Gasteiger partial charge in [0, 0.05) is 37.7 Å². The summed E-state index contributed by atoms with van der Waals surface area (Å²) in [6.45, 7) is 4.04. The standard InChI is InChI=1S/C8H16O2.Ca/c1-3-5-7(6-4-2)8(9)10;/h7H,3-6H2,1-2H3,(H,9,10);. The van der Waals surface area contributed by atoms with Crippen LogP contribution in [0.1, 0.15) is 39.5 Å². The first-order chi connectivity index (χ1) is 4.72. The van der Waals surface area contributed by atoms with E-state index in [2.05, 4.69) is 0 Å². The Morgan fingerprint density at radius 3 is 1.82 bits per heavy atom. The molecular weight excluding hydrogens is 168 g/mol. The second-order valence-electron chi connectivity index (χ2n) is 2.61. The van der Waals surface area contributed by atoms with E-state index in [1.165, 1.54) is 0 Å². The molecule has 0 spiro atoms. The SMILES string of the molecule is CCCC(CCC)C(=O)O.[Ca]. The summed E-state index contributed by atoms with van der Waals surface area (Å²) in [5.74, 6) is -0.737. The Bertz CT molecular complexity index is 98.3. The quantitative estimate of drug-likeness (QED) is 0.663. The smallest absolute Gasteiger partial charge is 0.306 e. The van der Waals surface area contributed by atoms with Gasteiger partial charge in [-0.25, -0.2) is 0 Å². The molecule has 0 aromatic carbocycles. The van der Waals surface area contributed by atoms with Crippen molar-refractivity contribution in [2.45, 2.75) is 39.5 Å². The Balaban J connectivity index is 0. The summed E-state index contributed by atoms with van der Waals surface area (Å²) < 4.78 is 0. The second kappa shape index (κ2) is 8.82. The zero-order chi connectivity index (χ0) is 7.98. The molecule has 0 saturated carbocycles. The van der Waals surface area contributed by atoms with Crippen LogP contribution in [0.4, 0.5) is 0 Å². The first kappa shape index (κ1) is 14.3. The molecule has 0 unspecified atom stereocenters. The van der Waals surface area contributed by atoms with Gasteiger partial charge in [-0.2, -0.15) is 0 Å². The average Bonchev–Trinajstić information content (AvgIpc) is 1.87. The van der Waals surface area contributed by atoms with Crippen molar-refractivity contribution in [3.8, 4) is 0 Å². The van der Waals surface area contributed by atoms with Crippen molar-refractivity contribution >= 4 is 43.7 Å². The zero-order valence-corrected chi connectivity index (χ0v) is 9.68. The van der Waals surface area contributed by atoms with Crippen molar-refractivity contribution in [3.05, 3.63) is 0 Å². The van der Waals surface area contributed by atoms with E-state index in [-0.39, 0.29) is 43.7 Å². The molecule has 0 heterocycles. The summed E-state index contributed by atoms with van der Waals surface area (Å²) in [6, 6.07) is 0. The van der Waals surface area contributed by atoms with E-state index in [4.69, 9.17) is 5.11 Å². The van der Waals surface area contributed by atoms with E-state index < -0.39 is 5.97 Å². The van der Waals surface area contributed by atoms with Crippen molar-refractivity contribution in [1.29, 1.82) is 0 Å². The summed E-state index contributed by atoms with van der Waals surface area (Å²) in [5, 5.41) is 8.64. The van der Waals surface area contributed by atoms with Crippen LogP contribution in [0.2, 0.25) is 0 Å². The van der Waals surface area contributed by atoms with Crippen LogP contribution in [0.3, 0.4) is 0 Å². The van der Waals surface area contributed by atoms with Crippen molar-refractivity contribution in [3.63, 3.8) is 0 Å². The van der Waals surface area contributed by atoms with Gasteiger partial charge in [0.25, 0.3) is 0 Å². The third-order valence-electron chi connectivity index (χ3n) is 1.62. The van der Waals surface area contributed by atoms with Crippen LogP contribution in [0.15, 0.2) is 0 Å². The molecule has 0 aliphatic carbocycles. The molecule has 0 aliphatic heterocycles. The van der Waals surface area contributed by atoms with Gasteiger partial charge in [0.1, 0.15) is 0 Å². The molecule has 2 nitrogen and oxygen atoms in total. The molecule has 11 heavy (non-hydrogen) atoms. The topological polar surface area (TPSA) is 37.3 Å². The van der Waals surface area contributed by atoms with Crippen molar-refractivity contribution < 1.29 is 9.90 Å². The fourth-order valence-electron chi connectivity index (χ4n) is 1.09. The molecule has 0 aliphatic rings. The normalized spacial score (nSPS) is 9.36. The molecule has 2 radical (unpaired) electrons. The fourth-order valence-corrected chi connectivity index (χ4v) is 1.09. The van der Waals surface area contributed by atoms with E-state index in [1.54, 1.807) is 0 Å². The van der Waals surface area contributed by atoms with E-state index in [0.29, 0.717) is 0 Å². The van der Waals surface area contributed by atoms with Crippen molar-refractivity contribution in [1.82, 2.24) is 0 Å². The number of hydrogen-bond acceptors (Lipinski definition) is 1. The van der Waals surface area contributed by atoms with Crippen LogP contribution >= 0.6 is 0 Å². The Morgan fingerprint density at radius 1 is 1.27 bits per heavy atom. The Hall–Kier alpha value is 0.730. The third-order valence-corrected chi connectivity index (χ3v) is 1.62. The minimum absolute atomic E-state index is 0. The van der Waals surface area contributed by atoms with Gasteiger partial charge in [-0.15, -0.1) is 0 Å². The molecule has 0 bridgehead atoms. The van der Waals surface area contributed by atoms with Crippen molar-refractivity contribution in [2.75, 3.05) is 0 Å². The first-order valence-electron chi connectivity index (χ1n) is 3.95.